The Hall–Kier alpha value is -1.66. The van der Waals surface area contributed by atoms with Gasteiger partial charge in [-0.15, -0.1) is 0 Å². The molecule has 0 saturated heterocycles. The number of nitrogens with two attached hydrogens (primary N) is 1. The van der Waals surface area contributed by atoms with E-state index < -0.39 is 0 Å². The number of rotatable bonds is 6. The van der Waals surface area contributed by atoms with Gasteiger partial charge in [-0.1, -0.05) is 0 Å². The summed E-state index contributed by atoms with van der Waals surface area (Å²) in [4.78, 5) is 18.2. The maximum absolute atomic E-state index is 12.5. The van der Waals surface area contributed by atoms with E-state index in [2.05, 4.69) is 10.4 Å². The molecule has 1 aliphatic rings. The molecule has 1 aromatic rings. The minimum absolute atomic E-state index is 0.0232. The summed E-state index contributed by atoms with van der Waals surface area (Å²) in [5, 5.41) is 0. The molecule has 0 radical (unpaired) electrons. The van der Waals surface area contributed by atoms with Crippen molar-refractivity contribution in [1.29, 1.82) is 0 Å². The molecule has 0 unspecified atom stereocenters. The van der Waals surface area contributed by atoms with E-state index in [-0.39, 0.29) is 5.91 Å². The SMILES string of the molecule is COCCN(C(=O)c1ccncc1NN)C1CC1. The van der Waals surface area contributed by atoms with Crippen LogP contribution >= 0.6 is 0 Å². The molecule has 0 aromatic carbocycles. The van der Waals surface area contributed by atoms with Crippen molar-refractivity contribution in [2.24, 2.45) is 5.84 Å². The minimum Gasteiger partial charge on any atom is -0.383 e. The lowest BCUT2D eigenvalue weighted by Crippen LogP contribution is -2.36. The van der Waals surface area contributed by atoms with Gasteiger partial charge in [0.15, 0.2) is 0 Å². The average Bonchev–Trinajstić information content (AvgIpc) is 3.23. The summed E-state index contributed by atoms with van der Waals surface area (Å²) in [7, 11) is 1.63. The zero-order chi connectivity index (χ0) is 13.0. The third-order valence-corrected chi connectivity index (χ3v) is 2.99. The number of pyridine rings is 1. The van der Waals surface area contributed by atoms with Gasteiger partial charge in [-0.3, -0.25) is 15.6 Å². The van der Waals surface area contributed by atoms with Crippen LogP contribution in [0.4, 0.5) is 5.69 Å². The maximum Gasteiger partial charge on any atom is 0.256 e. The van der Waals surface area contributed by atoms with Gasteiger partial charge in [0.05, 0.1) is 24.1 Å². The Labute approximate surface area is 106 Å². The highest BCUT2D eigenvalue weighted by Crippen LogP contribution is 2.29. The van der Waals surface area contributed by atoms with E-state index in [0.717, 1.165) is 12.8 Å². The summed E-state index contributed by atoms with van der Waals surface area (Å²) in [6.45, 7) is 1.14. The van der Waals surface area contributed by atoms with Crippen LogP contribution in [0.5, 0.6) is 0 Å². The molecule has 1 saturated carbocycles. The zero-order valence-electron chi connectivity index (χ0n) is 10.4. The molecule has 1 heterocycles. The van der Waals surface area contributed by atoms with Crippen LogP contribution in [0.3, 0.4) is 0 Å². The van der Waals surface area contributed by atoms with E-state index in [9.17, 15) is 4.79 Å². The molecule has 1 aromatic heterocycles. The van der Waals surface area contributed by atoms with Gasteiger partial charge in [-0.2, -0.15) is 0 Å². The highest BCUT2D eigenvalue weighted by molar-refractivity contribution is 5.99. The van der Waals surface area contributed by atoms with Crippen molar-refractivity contribution in [3.63, 3.8) is 0 Å². The van der Waals surface area contributed by atoms with Crippen molar-refractivity contribution in [1.82, 2.24) is 9.88 Å². The molecule has 1 aliphatic carbocycles. The molecule has 1 fully saturated rings. The number of anilines is 1. The number of aromatic nitrogens is 1. The van der Waals surface area contributed by atoms with Crippen LogP contribution in [0.25, 0.3) is 0 Å². The molecule has 0 aliphatic heterocycles. The monoisotopic (exact) mass is 250 g/mol. The first-order chi connectivity index (χ1) is 8.77. The lowest BCUT2D eigenvalue weighted by molar-refractivity contribution is 0.0681. The van der Waals surface area contributed by atoms with E-state index in [0.29, 0.717) is 30.4 Å². The van der Waals surface area contributed by atoms with Crippen LogP contribution in [0, 0.1) is 0 Å². The molecule has 6 heteroatoms. The second kappa shape index (κ2) is 5.79. The molecule has 1 amide bonds. The molecule has 3 N–H and O–H groups in total. The topological polar surface area (TPSA) is 80.5 Å². The summed E-state index contributed by atoms with van der Waals surface area (Å²) < 4.78 is 5.05. The van der Waals surface area contributed by atoms with Crippen molar-refractivity contribution in [2.75, 3.05) is 25.7 Å². The predicted octanol–water partition coefficient (Wildman–Crippen LogP) is 0.618. The summed E-state index contributed by atoms with van der Waals surface area (Å²) in [6.07, 6.45) is 5.27. The summed E-state index contributed by atoms with van der Waals surface area (Å²) >= 11 is 0. The Balaban J connectivity index is 2.16. The number of ether oxygens (including phenoxy) is 1. The Kier molecular flexibility index (Phi) is 4.11. The molecular formula is C12H18N4O2. The molecule has 2 rings (SSSR count). The number of nitrogen functional groups attached to an aromatic ring is 1. The third-order valence-electron chi connectivity index (χ3n) is 2.99. The fraction of sp³-hybridized carbons (Fsp3) is 0.500. The standard InChI is InChI=1S/C12H18N4O2/c1-18-7-6-16(9-2-3-9)12(17)10-4-5-14-8-11(10)15-13/h4-5,8-9,15H,2-3,6-7,13H2,1H3. The van der Waals surface area contributed by atoms with E-state index in [1.807, 2.05) is 4.90 Å². The number of hydrogen-bond donors (Lipinski definition) is 2. The largest absolute Gasteiger partial charge is 0.383 e. The molecule has 18 heavy (non-hydrogen) atoms. The lowest BCUT2D eigenvalue weighted by Gasteiger charge is -2.23. The Bertz CT molecular complexity index is 420. The van der Waals surface area contributed by atoms with Gasteiger partial charge < -0.3 is 15.1 Å². The van der Waals surface area contributed by atoms with Crippen LogP contribution in [0.15, 0.2) is 18.5 Å². The van der Waals surface area contributed by atoms with Crippen molar-refractivity contribution in [3.8, 4) is 0 Å². The molecule has 98 valence electrons. The van der Waals surface area contributed by atoms with Crippen LogP contribution in [0.1, 0.15) is 23.2 Å². The number of hydrogen-bond acceptors (Lipinski definition) is 5. The van der Waals surface area contributed by atoms with Gasteiger partial charge in [0.2, 0.25) is 0 Å². The fourth-order valence-corrected chi connectivity index (χ4v) is 1.88. The first kappa shape index (κ1) is 12.8. The third kappa shape index (κ3) is 2.77. The summed E-state index contributed by atoms with van der Waals surface area (Å²) in [5.41, 5.74) is 3.60. The Morgan fingerprint density at radius 3 is 3.06 bits per heavy atom. The van der Waals surface area contributed by atoms with E-state index in [1.165, 1.54) is 0 Å². The first-order valence-corrected chi connectivity index (χ1v) is 5.98. The van der Waals surface area contributed by atoms with E-state index in [1.54, 1.807) is 25.6 Å². The van der Waals surface area contributed by atoms with E-state index in [4.69, 9.17) is 10.6 Å². The van der Waals surface area contributed by atoms with Gasteiger partial charge in [0, 0.05) is 25.9 Å². The molecule has 0 atom stereocenters. The van der Waals surface area contributed by atoms with Crippen LogP contribution < -0.4 is 11.3 Å². The Morgan fingerprint density at radius 1 is 1.67 bits per heavy atom. The van der Waals surface area contributed by atoms with Crippen molar-refractivity contribution in [3.05, 3.63) is 24.0 Å². The molecule has 0 spiro atoms. The zero-order valence-corrected chi connectivity index (χ0v) is 10.4. The second-order valence-electron chi connectivity index (χ2n) is 4.29. The van der Waals surface area contributed by atoms with Crippen molar-refractivity contribution >= 4 is 11.6 Å². The number of carbonyl (C=O) groups is 1. The number of amides is 1. The molecular weight excluding hydrogens is 232 g/mol. The maximum atomic E-state index is 12.5. The normalized spacial score (nSPS) is 14.3. The highest BCUT2D eigenvalue weighted by Gasteiger charge is 2.33. The van der Waals surface area contributed by atoms with Gasteiger partial charge in [0.25, 0.3) is 5.91 Å². The van der Waals surface area contributed by atoms with Gasteiger partial charge in [-0.25, -0.2) is 0 Å². The number of nitrogens with zero attached hydrogens (tertiary/aromatic N) is 2. The number of methoxy groups -OCH3 is 1. The van der Waals surface area contributed by atoms with Crippen LogP contribution in [-0.2, 0) is 4.74 Å². The highest BCUT2D eigenvalue weighted by atomic mass is 16.5. The van der Waals surface area contributed by atoms with Gasteiger partial charge >= 0.3 is 0 Å². The number of nitrogens with one attached hydrogen (secondary N) is 1. The van der Waals surface area contributed by atoms with Crippen LogP contribution in [0.2, 0.25) is 0 Å². The smallest absolute Gasteiger partial charge is 0.256 e. The van der Waals surface area contributed by atoms with E-state index >= 15 is 0 Å². The van der Waals surface area contributed by atoms with Gasteiger partial charge in [0.1, 0.15) is 0 Å². The van der Waals surface area contributed by atoms with Crippen molar-refractivity contribution in [2.45, 2.75) is 18.9 Å². The quantitative estimate of drug-likeness (QED) is 0.571. The first-order valence-electron chi connectivity index (χ1n) is 5.98. The minimum atomic E-state index is -0.0232. The fourth-order valence-electron chi connectivity index (χ4n) is 1.88. The lowest BCUT2D eigenvalue weighted by atomic mass is 10.2. The Morgan fingerprint density at radius 2 is 2.44 bits per heavy atom. The molecule has 6 nitrogen and oxygen atoms in total. The second-order valence-corrected chi connectivity index (χ2v) is 4.29. The number of carbonyl (C=O) groups excluding carboxylic acids is 1. The van der Waals surface area contributed by atoms with Crippen LogP contribution in [-0.4, -0.2) is 42.1 Å². The van der Waals surface area contributed by atoms with Gasteiger partial charge in [-0.05, 0) is 18.9 Å². The predicted molar refractivity (Wildman–Crippen MR) is 68.0 cm³/mol. The van der Waals surface area contributed by atoms with Crippen molar-refractivity contribution < 1.29 is 9.53 Å². The molecule has 0 bridgehead atoms. The summed E-state index contributed by atoms with van der Waals surface area (Å²) in [6, 6.07) is 2.02. The summed E-state index contributed by atoms with van der Waals surface area (Å²) in [5.74, 6) is 5.37. The number of hydrazine groups is 1. The average molecular weight is 250 g/mol.